The number of carbonyl (C=O) groups excluding carboxylic acids is 1. The molecule has 1 atom stereocenters. The SMILES string of the molecule is Cc1cc(F)ccc1CCNC(=O)NCC(CO)Cc1ccccn1. The normalized spacial score (nSPS) is 11.8. The molecule has 2 amide bonds. The maximum absolute atomic E-state index is 13.1. The van der Waals surface area contributed by atoms with E-state index in [9.17, 15) is 14.3 Å². The molecule has 0 aliphatic rings. The van der Waals surface area contributed by atoms with Gasteiger partial charge >= 0.3 is 6.03 Å². The molecule has 0 saturated heterocycles. The molecule has 2 aromatic rings. The predicted molar refractivity (Wildman–Crippen MR) is 94.8 cm³/mol. The van der Waals surface area contributed by atoms with E-state index in [1.54, 1.807) is 12.3 Å². The molecule has 1 heterocycles. The van der Waals surface area contributed by atoms with Crippen molar-refractivity contribution in [1.29, 1.82) is 0 Å². The van der Waals surface area contributed by atoms with E-state index < -0.39 is 0 Å². The number of urea groups is 1. The third-order valence-electron chi connectivity index (χ3n) is 4.02. The highest BCUT2D eigenvalue weighted by molar-refractivity contribution is 5.73. The Bertz CT molecular complexity index is 680. The number of nitrogens with zero attached hydrogens (tertiary/aromatic N) is 1. The van der Waals surface area contributed by atoms with Crippen LogP contribution >= 0.6 is 0 Å². The number of aromatic nitrogens is 1. The van der Waals surface area contributed by atoms with E-state index in [0.717, 1.165) is 16.8 Å². The Kier molecular flexibility index (Phi) is 7.35. The number of aliphatic hydroxyl groups is 1. The molecular weight excluding hydrogens is 321 g/mol. The van der Waals surface area contributed by atoms with Crippen molar-refractivity contribution in [2.45, 2.75) is 19.8 Å². The fourth-order valence-corrected chi connectivity index (χ4v) is 2.57. The summed E-state index contributed by atoms with van der Waals surface area (Å²) in [6, 6.07) is 10.00. The number of aryl methyl sites for hydroxylation is 1. The number of rotatable bonds is 8. The Morgan fingerprint density at radius 2 is 2.12 bits per heavy atom. The lowest BCUT2D eigenvalue weighted by atomic mass is 10.0. The molecule has 6 heteroatoms. The van der Waals surface area contributed by atoms with Crippen LogP contribution < -0.4 is 10.6 Å². The van der Waals surface area contributed by atoms with Crippen LogP contribution in [0.3, 0.4) is 0 Å². The summed E-state index contributed by atoms with van der Waals surface area (Å²) in [5.74, 6) is -0.338. The van der Waals surface area contributed by atoms with Crippen molar-refractivity contribution in [2.24, 2.45) is 5.92 Å². The third kappa shape index (κ3) is 6.51. The van der Waals surface area contributed by atoms with Crippen molar-refractivity contribution < 1.29 is 14.3 Å². The van der Waals surface area contributed by atoms with Gasteiger partial charge in [-0.15, -0.1) is 0 Å². The number of amides is 2. The molecule has 0 radical (unpaired) electrons. The number of nitrogens with one attached hydrogen (secondary N) is 2. The lowest BCUT2D eigenvalue weighted by Gasteiger charge is -2.15. The van der Waals surface area contributed by atoms with Gasteiger partial charge in [-0.05, 0) is 55.2 Å². The number of pyridine rings is 1. The molecule has 1 aromatic heterocycles. The molecule has 0 aliphatic heterocycles. The van der Waals surface area contributed by atoms with Crippen LogP contribution in [-0.2, 0) is 12.8 Å². The maximum Gasteiger partial charge on any atom is 0.314 e. The molecule has 0 fully saturated rings. The van der Waals surface area contributed by atoms with Crippen molar-refractivity contribution >= 4 is 6.03 Å². The summed E-state index contributed by atoms with van der Waals surface area (Å²) in [7, 11) is 0. The quantitative estimate of drug-likeness (QED) is 0.687. The van der Waals surface area contributed by atoms with Gasteiger partial charge < -0.3 is 15.7 Å². The van der Waals surface area contributed by atoms with Crippen LogP contribution in [0.1, 0.15) is 16.8 Å². The Hall–Kier alpha value is -2.47. The topological polar surface area (TPSA) is 74.2 Å². The van der Waals surface area contributed by atoms with Crippen molar-refractivity contribution in [2.75, 3.05) is 19.7 Å². The van der Waals surface area contributed by atoms with Crippen LogP contribution in [0.25, 0.3) is 0 Å². The van der Waals surface area contributed by atoms with Crippen molar-refractivity contribution in [1.82, 2.24) is 15.6 Å². The zero-order chi connectivity index (χ0) is 18.1. The predicted octanol–water partition coefficient (Wildman–Crippen LogP) is 2.22. The lowest BCUT2D eigenvalue weighted by molar-refractivity contribution is 0.213. The summed E-state index contributed by atoms with van der Waals surface area (Å²) in [6.07, 6.45) is 2.95. The van der Waals surface area contributed by atoms with Crippen LogP contribution in [0.15, 0.2) is 42.6 Å². The molecule has 2 rings (SSSR count). The lowest BCUT2D eigenvalue weighted by Crippen LogP contribution is -2.40. The van der Waals surface area contributed by atoms with Crippen molar-refractivity contribution in [3.63, 3.8) is 0 Å². The van der Waals surface area contributed by atoms with Gasteiger partial charge in [-0.25, -0.2) is 9.18 Å². The molecule has 0 saturated carbocycles. The van der Waals surface area contributed by atoms with Crippen molar-refractivity contribution in [3.8, 4) is 0 Å². The van der Waals surface area contributed by atoms with Gasteiger partial charge in [-0.2, -0.15) is 0 Å². The Morgan fingerprint density at radius 3 is 2.80 bits per heavy atom. The van der Waals surface area contributed by atoms with Crippen LogP contribution in [-0.4, -0.2) is 35.8 Å². The first-order valence-corrected chi connectivity index (χ1v) is 8.36. The standard InChI is InChI=1S/C19H24FN3O2/c1-14-10-17(20)6-5-16(14)7-9-22-19(25)23-12-15(13-24)11-18-4-2-3-8-21-18/h2-6,8,10,15,24H,7,9,11-13H2,1H3,(H2,22,23,25). The number of hydrogen-bond donors (Lipinski definition) is 3. The zero-order valence-corrected chi connectivity index (χ0v) is 14.3. The van der Waals surface area contributed by atoms with Crippen molar-refractivity contribution in [3.05, 3.63) is 65.2 Å². The fraction of sp³-hybridized carbons (Fsp3) is 0.368. The first kappa shape index (κ1) is 18.9. The molecule has 1 unspecified atom stereocenters. The molecule has 0 spiro atoms. The fourth-order valence-electron chi connectivity index (χ4n) is 2.57. The molecule has 0 bridgehead atoms. The van der Waals surface area contributed by atoms with E-state index in [1.165, 1.54) is 12.1 Å². The van der Waals surface area contributed by atoms with Crippen LogP contribution in [0.2, 0.25) is 0 Å². The van der Waals surface area contributed by atoms with Gasteiger partial charge in [0.1, 0.15) is 5.82 Å². The minimum absolute atomic E-state index is 0.0222. The number of hydrogen-bond acceptors (Lipinski definition) is 3. The average Bonchev–Trinajstić information content (AvgIpc) is 2.61. The Labute approximate surface area is 147 Å². The molecule has 1 aromatic carbocycles. The second-order valence-electron chi connectivity index (χ2n) is 6.03. The highest BCUT2D eigenvalue weighted by Crippen LogP contribution is 2.10. The molecule has 25 heavy (non-hydrogen) atoms. The molecule has 0 aliphatic carbocycles. The Morgan fingerprint density at radius 1 is 1.28 bits per heavy atom. The van der Waals surface area contributed by atoms with Gasteiger partial charge in [0.2, 0.25) is 0 Å². The van der Waals surface area contributed by atoms with E-state index in [1.807, 2.05) is 25.1 Å². The highest BCUT2D eigenvalue weighted by atomic mass is 19.1. The van der Waals surface area contributed by atoms with Gasteiger partial charge in [-0.3, -0.25) is 4.98 Å². The summed E-state index contributed by atoms with van der Waals surface area (Å²) in [6.45, 7) is 2.66. The smallest absolute Gasteiger partial charge is 0.314 e. The molecule has 3 N–H and O–H groups in total. The molecular formula is C19H24FN3O2. The first-order chi connectivity index (χ1) is 12.1. The number of halogens is 1. The van der Waals surface area contributed by atoms with E-state index in [2.05, 4.69) is 15.6 Å². The molecule has 134 valence electrons. The van der Waals surface area contributed by atoms with Crippen LogP contribution in [0.4, 0.5) is 9.18 Å². The van der Waals surface area contributed by atoms with E-state index in [-0.39, 0.29) is 24.4 Å². The van der Waals surface area contributed by atoms with Crippen LogP contribution in [0, 0.1) is 18.7 Å². The van der Waals surface area contributed by atoms with Gasteiger partial charge in [0.15, 0.2) is 0 Å². The summed E-state index contributed by atoms with van der Waals surface area (Å²) >= 11 is 0. The summed E-state index contributed by atoms with van der Waals surface area (Å²) in [5.41, 5.74) is 2.76. The number of benzene rings is 1. The average molecular weight is 345 g/mol. The van der Waals surface area contributed by atoms with Crippen LogP contribution in [0.5, 0.6) is 0 Å². The first-order valence-electron chi connectivity index (χ1n) is 8.36. The van der Waals surface area contributed by atoms with E-state index in [0.29, 0.717) is 25.9 Å². The second-order valence-corrected chi connectivity index (χ2v) is 6.03. The number of carbonyl (C=O) groups is 1. The van der Waals surface area contributed by atoms with E-state index >= 15 is 0 Å². The maximum atomic E-state index is 13.1. The zero-order valence-electron chi connectivity index (χ0n) is 14.3. The molecule has 5 nitrogen and oxygen atoms in total. The van der Waals surface area contributed by atoms with E-state index in [4.69, 9.17) is 0 Å². The highest BCUT2D eigenvalue weighted by Gasteiger charge is 2.11. The van der Waals surface area contributed by atoms with Gasteiger partial charge in [0.25, 0.3) is 0 Å². The third-order valence-corrected chi connectivity index (χ3v) is 4.02. The second kappa shape index (κ2) is 9.74. The summed E-state index contributed by atoms with van der Waals surface area (Å²) in [5, 5.41) is 15.0. The number of aliphatic hydroxyl groups excluding tert-OH is 1. The minimum atomic E-state index is -0.278. The minimum Gasteiger partial charge on any atom is -0.396 e. The summed E-state index contributed by atoms with van der Waals surface area (Å²) < 4.78 is 13.1. The largest absolute Gasteiger partial charge is 0.396 e. The Balaban J connectivity index is 1.70. The van der Waals surface area contributed by atoms with Gasteiger partial charge in [-0.1, -0.05) is 12.1 Å². The van der Waals surface area contributed by atoms with Gasteiger partial charge in [0.05, 0.1) is 0 Å². The monoisotopic (exact) mass is 345 g/mol. The summed E-state index contributed by atoms with van der Waals surface area (Å²) in [4.78, 5) is 16.1. The van der Waals surface area contributed by atoms with Gasteiger partial charge in [0, 0.05) is 37.5 Å².